The van der Waals surface area contributed by atoms with Crippen LogP contribution in [0.1, 0.15) is 5.56 Å². The van der Waals surface area contributed by atoms with Crippen LogP contribution in [0, 0.1) is 3.57 Å². The van der Waals surface area contributed by atoms with Crippen LogP contribution in [0.3, 0.4) is 0 Å². The lowest BCUT2D eigenvalue weighted by Crippen LogP contribution is -2.59. The van der Waals surface area contributed by atoms with Crippen LogP contribution in [-0.2, 0) is 16.1 Å². The smallest absolute Gasteiger partial charge is 0.184 e. The predicted molar refractivity (Wildman–Crippen MR) is 77.7 cm³/mol. The van der Waals surface area contributed by atoms with E-state index in [1.807, 2.05) is 24.3 Å². The number of aliphatic hydroxyl groups is 4. The molecule has 1 aromatic carbocycles. The van der Waals surface area contributed by atoms with Crippen molar-refractivity contribution < 1.29 is 29.9 Å². The van der Waals surface area contributed by atoms with Crippen LogP contribution < -0.4 is 0 Å². The summed E-state index contributed by atoms with van der Waals surface area (Å²) >= 11 is 2.17. The van der Waals surface area contributed by atoms with E-state index in [-0.39, 0.29) is 6.61 Å². The molecule has 0 spiro atoms. The number of hydrogen-bond donors (Lipinski definition) is 4. The largest absolute Gasteiger partial charge is 0.394 e. The number of ether oxygens (including phenoxy) is 2. The molecule has 4 N–H and O–H groups in total. The van der Waals surface area contributed by atoms with Gasteiger partial charge in [-0.05, 0) is 40.3 Å². The fourth-order valence-electron chi connectivity index (χ4n) is 2.08. The SMILES string of the molecule is OC[C@H]1O[C@@H](O)[C@H](O)[C@@H](OCc2cccc(I)c2)[C@@H]1O. The Morgan fingerprint density at radius 1 is 1.20 bits per heavy atom. The summed E-state index contributed by atoms with van der Waals surface area (Å²) in [6.45, 7) is -0.283. The second-order valence-electron chi connectivity index (χ2n) is 4.63. The maximum atomic E-state index is 9.97. The van der Waals surface area contributed by atoms with Gasteiger partial charge in [0.2, 0.25) is 0 Å². The zero-order valence-corrected chi connectivity index (χ0v) is 12.8. The Labute approximate surface area is 130 Å². The van der Waals surface area contributed by atoms with E-state index in [1.165, 1.54) is 0 Å². The number of hydrogen-bond acceptors (Lipinski definition) is 6. The molecule has 0 bridgehead atoms. The lowest BCUT2D eigenvalue weighted by molar-refractivity contribution is -0.296. The first-order chi connectivity index (χ1) is 9.52. The maximum Gasteiger partial charge on any atom is 0.184 e. The highest BCUT2D eigenvalue weighted by Gasteiger charge is 2.44. The van der Waals surface area contributed by atoms with Crippen molar-refractivity contribution >= 4 is 22.6 Å². The number of benzene rings is 1. The van der Waals surface area contributed by atoms with Crippen molar-refractivity contribution in [2.45, 2.75) is 37.3 Å². The highest BCUT2D eigenvalue weighted by Crippen LogP contribution is 2.23. The van der Waals surface area contributed by atoms with E-state index in [9.17, 15) is 15.3 Å². The third-order valence-corrected chi connectivity index (χ3v) is 3.84. The molecule has 7 heteroatoms. The van der Waals surface area contributed by atoms with Gasteiger partial charge in [0.25, 0.3) is 0 Å². The molecule has 0 aliphatic carbocycles. The Kier molecular flexibility index (Phi) is 5.73. The van der Waals surface area contributed by atoms with E-state index in [2.05, 4.69) is 22.6 Å². The molecule has 0 amide bonds. The second kappa shape index (κ2) is 7.12. The first kappa shape index (κ1) is 16.1. The molecule has 5 atom stereocenters. The summed E-state index contributed by atoms with van der Waals surface area (Å²) in [4.78, 5) is 0. The first-order valence-electron chi connectivity index (χ1n) is 6.19. The fraction of sp³-hybridized carbons (Fsp3) is 0.538. The molecule has 1 fully saturated rings. The molecule has 0 radical (unpaired) electrons. The Balaban J connectivity index is 2.02. The van der Waals surface area contributed by atoms with E-state index in [0.717, 1.165) is 9.13 Å². The molecule has 2 rings (SSSR count). The van der Waals surface area contributed by atoms with Crippen LogP contribution >= 0.6 is 22.6 Å². The van der Waals surface area contributed by atoms with Crippen molar-refractivity contribution in [2.75, 3.05) is 6.61 Å². The molecule has 0 aromatic heterocycles. The zero-order chi connectivity index (χ0) is 14.7. The molecule has 1 aliphatic heterocycles. The normalized spacial score (nSPS) is 34.1. The average molecular weight is 396 g/mol. The summed E-state index contributed by atoms with van der Waals surface area (Å²) in [5, 5.41) is 38.4. The Morgan fingerprint density at radius 2 is 1.95 bits per heavy atom. The van der Waals surface area contributed by atoms with E-state index in [0.29, 0.717) is 0 Å². The van der Waals surface area contributed by atoms with Gasteiger partial charge in [0, 0.05) is 3.57 Å². The lowest BCUT2D eigenvalue weighted by atomic mass is 9.99. The van der Waals surface area contributed by atoms with Gasteiger partial charge in [-0.3, -0.25) is 0 Å². The highest BCUT2D eigenvalue weighted by atomic mass is 127. The quantitative estimate of drug-likeness (QED) is 0.518. The predicted octanol–water partition coefficient (Wildman–Crippen LogP) is -0.392. The Hall–Kier alpha value is -0.290. The number of aliphatic hydroxyl groups excluding tert-OH is 4. The van der Waals surface area contributed by atoms with Crippen molar-refractivity contribution in [1.82, 2.24) is 0 Å². The van der Waals surface area contributed by atoms with Gasteiger partial charge in [-0.1, -0.05) is 12.1 Å². The van der Waals surface area contributed by atoms with Crippen molar-refractivity contribution in [3.63, 3.8) is 0 Å². The monoisotopic (exact) mass is 396 g/mol. The summed E-state index contributed by atoms with van der Waals surface area (Å²) in [7, 11) is 0. The third-order valence-electron chi connectivity index (χ3n) is 3.17. The third kappa shape index (κ3) is 3.67. The standard InChI is InChI=1S/C13H17IO6/c14-8-3-1-2-7(4-8)6-19-12-10(16)9(5-15)20-13(18)11(12)17/h1-4,9-13,15-18H,5-6H2/t9-,10-,11-,12+,13-/m1/s1. The summed E-state index contributed by atoms with van der Waals surface area (Å²) in [5.41, 5.74) is 0.887. The van der Waals surface area contributed by atoms with Gasteiger partial charge >= 0.3 is 0 Å². The van der Waals surface area contributed by atoms with Gasteiger partial charge in [-0.25, -0.2) is 0 Å². The van der Waals surface area contributed by atoms with Crippen LogP contribution in [-0.4, -0.2) is 57.7 Å². The molecule has 112 valence electrons. The zero-order valence-electron chi connectivity index (χ0n) is 10.6. The maximum absolute atomic E-state index is 9.97. The van der Waals surface area contributed by atoms with Gasteiger partial charge in [-0.2, -0.15) is 0 Å². The van der Waals surface area contributed by atoms with Crippen molar-refractivity contribution in [3.05, 3.63) is 33.4 Å². The van der Waals surface area contributed by atoms with Crippen molar-refractivity contribution in [2.24, 2.45) is 0 Å². The van der Waals surface area contributed by atoms with Crippen molar-refractivity contribution in [1.29, 1.82) is 0 Å². The molecule has 1 aromatic rings. The van der Waals surface area contributed by atoms with Gasteiger partial charge in [0.15, 0.2) is 6.29 Å². The summed E-state index contributed by atoms with van der Waals surface area (Å²) in [6, 6.07) is 7.59. The number of rotatable bonds is 4. The van der Waals surface area contributed by atoms with E-state index in [1.54, 1.807) is 0 Å². The van der Waals surface area contributed by atoms with Gasteiger partial charge < -0.3 is 29.9 Å². The minimum atomic E-state index is -1.49. The van der Waals surface area contributed by atoms with Crippen molar-refractivity contribution in [3.8, 4) is 0 Å². The lowest BCUT2D eigenvalue weighted by Gasteiger charge is -2.39. The molecule has 1 aliphatic rings. The molecule has 1 heterocycles. The fourth-order valence-corrected chi connectivity index (χ4v) is 2.69. The summed E-state index contributed by atoms with van der Waals surface area (Å²) in [6.07, 6.45) is -6.06. The Morgan fingerprint density at radius 3 is 2.60 bits per heavy atom. The molecular weight excluding hydrogens is 379 g/mol. The van der Waals surface area contributed by atoms with Crippen LogP contribution in [0.4, 0.5) is 0 Å². The molecule has 1 saturated heterocycles. The minimum absolute atomic E-state index is 0.181. The topological polar surface area (TPSA) is 99.4 Å². The van der Waals surface area contributed by atoms with Gasteiger partial charge in [0.05, 0.1) is 13.2 Å². The van der Waals surface area contributed by atoms with E-state index >= 15 is 0 Å². The van der Waals surface area contributed by atoms with Crippen LogP contribution in [0.15, 0.2) is 24.3 Å². The molecule has 0 unspecified atom stereocenters. The molecule has 20 heavy (non-hydrogen) atoms. The van der Waals surface area contributed by atoms with E-state index in [4.69, 9.17) is 14.6 Å². The van der Waals surface area contributed by atoms with Crippen LogP contribution in [0.5, 0.6) is 0 Å². The van der Waals surface area contributed by atoms with E-state index < -0.39 is 37.3 Å². The average Bonchev–Trinajstić information content (AvgIpc) is 2.43. The number of halogens is 1. The van der Waals surface area contributed by atoms with Crippen LogP contribution in [0.2, 0.25) is 0 Å². The minimum Gasteiger partial charge on any atom is -0.394 e. The molecule has 0 saturated carbocycles. The second-order valence-corrected chi connectivity index (χ2v) is 5.88. The Bertz CT molecular complexity index is 443. The first-order valence-corrected chi connectivity index (χ1v) is 7.27. The highest BCUT2D eigenvalue weighted by molar-refractivity contribution is 14.1. The van der Waals surface area contributed by atoms with Crippen LogP contribution in [0.25, 0.3) is 0 Å². The molecular formula is C13H17IO6. The molecule has 6 nitrogen and oxygen atoms in total. The summed E-state index contributed by atoms with van der Waals surface area (Å²) in [5.74, 6) is 0. The van der Waals surface area contributed by atoms with Gasteiger partial charge in [0.1, 0.15) is 24.4 Å². The summed E-state index contributed by atoms with van der Waals surface area (Å²) < 4.78 is 11.4. The van der Waals surface area contributed by atoms with Gasteiger partial charge in [-0.15, -0.1) is 0 Å².